The van der Waals surface area contributed by atoms with Gasteiger partial charge in [0.1, 0.15) is 0 Å². The summed E-state index contributed by atoms with van der Waals surface area (Å²) in [5.74, 6) is 0.631. The number of carbonyl (C=O) groups is 1. The molecule has 0 aliphatic rings. The highest BCUT2D eigenvalue weighted by atomic mass is 32.1. The van der Waals surface area contributed by atoms with Gasteiger partial charge in [-0.2, -0.15) is 0 Å². The van der Waals surface area contributed by atoms with Gasteiger partial charge in [-0.05, 0) is 23.7 Å². The molecular formula is C9H8N2O4S. The van der Waals surface area contributed by atoms with E-state index in [0.717, 1.165) is 4.70 Å². The fourth-order valence-electron chi connectivity index (χ4n) is 1.19. The Morgan fingerprint density at radius 2 is 2.19 bits per heavy atom. The van der Waals surface area contributed by atoms with Crippen molar-refractivity contribution in [1.82, 2.24) is 9.59 Å². The van der Waals surface area contributed by atoms with E-state index in [9.17, 15) is 4.79 Å². The Balaban J connectivity index is 2.53. The van der Waals surface area contributed by atoms with E-state index in [4.69, 9.17) is 9.47 Å². The molecule has 1 heterocycles. The first-order chi connectivity index (χ1) is 7.76. The maximum absolute atomic E-state index is 11.1. The molecule has 0 aliphatic heterocycles. The van der Waals surface area contributed by atoms with E-state index >= 15 is 0 Å². The van der Waals surface area contributed by atoms with E-state index in [1.807, 2.05) is 0 Å². The molecule has 0 bridgehead atoms. The van der Waals surface area contributed by atoms with Crippen molar-refractivity contribution >= 4 is 27.9 Å². The van der Waals surface area contributed by atoms with Crippen LogP contribution >= 0.6 is 11.5 Å². The first-order valence-electron chi connectivity index (χ1n) is 4.31. The lowest BCUT2D eigenvalue weighted by molar-refractivity contribution is 0.120. The molecule has 0 aliphatic carbocycles. The monoisotopic (exact) mass is 240 g/mol. The molecule has 0 N–H and O–H groups in total. The first-order valence-corrected chi connectivity index (χ1v) is 5.08. The predicted molar refractivity (Wildman–Crippen MR) is 57.0 cm³/mol. The minimum Gasteiger partial charge on any atom is -0.493 e. The summed E-state index contributed by atoms with van der Waals surface area (Å²) in [5, 5.41) is 3.87. The number of fused-ring (bicyclic) bond motifs is 1. The summed E-state index contributed by atoms with van der Waals surface area (Å²) in [6.45, 7) is 0. The van der Waals surface area contributed by atoms with E-state index in [1.165, 1.54) is 25.8 Å². The van der Waals surface area contributed by atoms with Crippen LogP contribution in [0.3, 0.4) is 0 Å². The number of hydrogen-bond donors (Lipinski definition) is 0. The van der Waals surface area contributed by atoms with Crippen molar-refractivity contribution in [3.63, 3.8) is 0 Å². The van der Waals surface area contributed by atoms with Crippen LogP contribution in [-0.2, 0) is 4.74 Å². The highest BCUT2D eigenvalue weighted by Gasteiger charge is 2.16. The Morgan fingerprint density at radius 1 is 1.38 bits per heavy atom. The molecule has 16 heavy (non-hydrogen) atoms. The molecule has 2 rings (SSSR count). The summed E-state index contributed by atoms with van der Waals surface area (Å²) in [4.78, 5) is 11.1. The maximum Gasteiger partial charge on any atom is 0.513 e. The maximum atomic E-state index is 11.1. The van der Waals surface area contributed by atoms with Gasteiger partial charge in [0.05, 0.1) is 18.9 Å². The average Bonchev–Trinajstić information content (AvgIpc) is 2.77. The van der Waals surface area contributed by atoms with Crippen molar-refractivity contribution in [1.29, 1.82) is 0 Å². The highest BCUT2D eigenvalue weighted by Crippen LogP contribution is 2.35. The van der Waals surface area contributed by atoms with E-state index in [1.54, 1.807) is 12.1 Å². The number of ether oxygens (including phenoxy) is 3. The lowest BCUT2D eigenvalue weighted by Gasteiger charge is -2.07. The molecule has 6 nitrogen and oxygen atoms in total. The SMILES string of the molecule is COC(=O)Oc1c(OC)ccc2snnc12. The number of benzene rings is 1. The largest absolute Gasteiger partial charge is 0.513 e. The third-order valence-electron chi connectivity index (χ3n) is 1.91. The zero-order chi connectivity index (χ0) is 11.5. The van der Waals surface area contributed by atoms with Crippen molar-refractivity contribution in [2.45, 2.75) is 0 Å². The summed E-state index contributed by atoms with van der Waals surface area (Å²) in [7, 11) is 2.71. The summed E-state index contributed by atoms with van der Waals surface area (Å²) in [6, 6.07) is 3.48. The standard InChI is InChI=1S/C9H8N2O4S/c1-13-5-3-4-6-7(10-11-16-6)8(5)15-9(12)14-2/h3-4H,1-2H3. The number of carbonyl (C=O) groups excluding carboxylic acids is 1. The van der Waals surface area contributed by atoms with Crippen LogP contribution in [0.5, 0.6) is 11.5 Å². The minimum absolute atomic E-state index is 0.223. The second-order valence-corrected chi connectivity index (χ2v) is 3.56. The highest BCUT2D eigenvalue weighted by molar-refractivity contribution is 7.13. The third kappa shape index (κ3) is 1.76. The van der Waals surface area contributed by atoms with Crippen molar-refractivity contribution < 1.29 is 19.0 Å². The van der Waals surface area contributed by atoms with Gasteiger partial charge in [-0.15, -0.1) is 5.10 Å². The van der Waals surface area contributed by atoms with E-state index in [0.29, 0.717) is 11.3 Å². The van der Waals surface area contributed by atoms with Crippen LogP contribution in [0.2, 0.25) is 0 Å². The van der Waals surface area contributed by atoms with Gasteiger partial charge in [-0.25, -0.2) is 4.79 Å². The molecular weight excluding hydrogens is 232 g/mol. The fourth-order valence-corrected chi connectivity index (χ4v) is 1.75. The number of nitrogens with zero attached hydrogens (tertiary/aromatic N) is 2. The van der Waals surface area contributed by atoms with Gasteiger partial charge in [-0.1, -0.05) is 4.49 Å². The van der Waals surface area contributed by atoms with Gasteiger partial charge in [-0.3, -0.25) is 0 Å². The topological polar surface area (TPSA) is 70.5 Å². The van der Waals surface area contributed by atoms with Crippen molar-refractivity contribution in [3.05, 3.63) is 12.1 Å². The second kappa shape index (κ2) is 4.31. The molecule has 0 radical (unpaired) electrons. The molecule has 0 saturated carbocycles. The molecule has 0 spiro atoms. The fraction of sp³-hybridized carbons (Fsp3) is 0.222. The Morgan fingerprint density at radius 3 is 2.88 bits per heavy atom. The molecule has 84 valence electrons. The van der Waals surface area contributed by atoms with Crippen LogP contribution in [-0.4, -0.2) is 30.0 Å². The summed E-state index contributed by atoms with van der Waals surface area (Å²) >= 11 is 1.21. The van der Waals surface area contributed by atoms with Crippen LogP contribution in [0.4, 0.5) is 4.79 Å². The second-order valence-electron chi connectivity index (χ2n) is 2.77. The van der Waals surface area contributed by atoms with Gasteiger partial charge in [0, 0.05) is 0 Å². The van der Waals surface area contributed by atoms with Crippen molar-refractivity contribution in [2.75, 3.05) is 14.2 Å². The van der Waals surface area contributed by atoms with Crippen LogP contribution in [0, 0.1) is 0 Å². The van der Waals surface area contributed by atoms with Gasteiger partial charge in [0.15, 0.2) is 11.3 Å². The van der Waals surface area contributed by atoms with Gasteiger partial charge < -0.3 is 14.2 Å². The number of aromatic nitrogens is 2. The molecule has 1 aromatic heterocycles. The Kier molecular flexibility index (Phi) is 2.86. The van der Waals surface area contributed by atoms with E-state index in [-0.39, 0.29) is 5.75 Å². The molecule has 0 amide bonds. The Hall–Kier alpha value is -1.89. The van der Waals surface area contributed by atoms with Gasteiger partial charge >= 0.3 is 6.16 Å². The normalized spacial score (nSPS) is 10.1. The summed E-state index contributed by atoms with van der Waals surface area (Å²) < 4.78 is 19.0. The Bertz CT molecular complexity index is 525. The van der Waals surface area contributed by atoms with Crippen LogP contribution < -0.4 is 9.47 Å². The summed E-state index contributed by atoms with van der Waals surface area (Å²) in [6.07, 6.45) is -0.821. The number of hydrogen-bond acceptors (Lipinski definition) is 7. The molecule has 7 heteroatoms. The number of methoxy groups -OCH3 is 2. The minimum atomic E-state index is -0.821. The molecule has 0 atom stereocenters. The van der Waals surface area contributed by atoms with Crippen molar-refractivity contribution in [2.24, 2.45) is 0 Å². The summed E-state index contributed by atoms with van der Waals surface area (Å²) in [5.41, 5.74) is 0.481. The van der Waals surface area contributed by atoms with E-state index in [2.05, 4.69) is 14.3 Å². The van der Waals surface area contributed by atoms with E-state index < -0.39 is 6.16 Å². The Labute approximate surface area is 94.9 Å². The molecule has 1 aromatic carbocycles. The van der Waals surface area contributed by atoms with Crippen LogP contribution in [0.15, 0.2) is 12.1 Å². The van der Waals surface area contributed by atoms with Crippen LogP contribution in [0.1, 0.15) is 0 Å². The number of rotatable bonds is 2. The predicted octanol–water partition coefficient (Wildman–Crippen LogP) is 1.85. The zero-order valence-corrected chi connectivity index (χ0v) is 9.41. The lowest BCUT2D eigenvalue weighted by Crippen LogP contribution is -2.08. The average molecular weight is 240 g/mol. The molecule has 2 aromatic rings. The molecule has 0 saturated heterocycles. The third-order valence-corrected chi connectivity index (χ3v) is 2.60. The van der Waals surface area contributed by atoms with Gasteiger partial charge in [0.2, 0.25) is 5.75 Å². The van der Waals surface area contributed by atoms with Gasteiger partial charge in [0.25, 0.3) is 0 Å². The van der Waals surface area contributed by atoms with Crippen LogP contribution in [0.25, 0.3) is 10.2 Å². The van der Waals surface area contributed by atoms with Crippen molar-refractivity contribution in [3.8, 4) is 11.5 Å². The first kappa shape index (κ1) is 10.6. The zero-order valence-electron chi connectivity index (χ0n) is 8.59. The molecule has 0 fully saturated rings. The smallest absolute Gasteiger partial charge is 0.493 e. The lowest BCUT2D eigenvalue weighted by atomic mass is 10.3. The quantitative estimate of drug-likeness (QED) is 0.589. The molecule has 0 unspecified atom stereocenters.